The molecular formula is C8H14O5. The average molecular weight is 190 g/mol. The molecule has 0 aliphatic heterocycles. The number of ether oxygens (including phenoxy) is 1. The van der Waals surface area contributed by atoms with Gasteiger partial charge in [0.05, 0.1) is 6.10 Å². The number of aliphatic hydroxyl groups excluding tert-OH is 2. The molecule has 0 bridgehead atoms. The maximum Gasteiger partial charge on any atom is 0.303 e. The van der Waals surface area contributed by atoms with E-state index in [1.54, 1.807) is 0 Å². The monoisotopic (exact) mass is 190 g/mol. The number of rotatable bonds is 5. The van der Waals surface area contributed by atoms with E-state index in [0.717, 1.165) is 0 Å². The summed E-state index contributed by atoms with van der Waals surface area (Å²) in [7, 11) is 0. The normalized spacial score (nSPS) is 17.2. The van der Waals surface area contributed by atoms with Gasteiger partial charge in [-0.1, -0.05) is 0 Å². The highest BCUT2D eigenvalue weighted by atomic mass is 16.6. The third-order valence-corrected chi connectivity index (χ3v) is 1.52. The van der Waals surface area contributed by atoms with Gasteiger partial charge < -0.3 is 19.7 Å². The molecule has 0 fully saturated rings. The molecular weight excluding hydrogens is 176 g/mol. The molecule has 13 heavy (non-hydrogen) atoms. The van der Waals surface area contributed by atoms with Crippen molar-refractivity contribution in [2.75, 3.05) is 0 Å². The van der Waals surface area contributed by atoms with Crippen LogP contribution in [0.1, 0.15) is 20.3 Å². The lowest BCUT2D eigenvalue weighted by molar-refractivity contribution is -0.157. The Labute approximate surface area is 76.3 Å². The SMILES string of the molecule is CC(=O)O[C@@H](CC=O)[C@H](O)[C@@H](C)O. The Morgan fingerprint density at radius 2 is 2.08 bits per heavy atom. The van der Waals surface area contributed by atoms with E-state index >= 15 is 0 Å². The minimum atomic E-state index is -1.23. The Balaban J connectivity index is 4.21. The lowest BCUT2D eigenvalue weighted by Gasteiger charge is -2.22. The molecule has 0 aliphatic carbocycles. The summed E-state index contributed by atoms with van der Waals surface area (Å²) in [6, 6.07) is 0. The number of aliphatic hydroxyl groups is 2. The summed E-state index contributed by atoms with van der Waals surface area (Å²) in [4.78, 5) is 20.7. The summed E-state index contributed by atoms with van der Waals surface area (Å²) in [6.45, 7) is 2.53. The number of carbonyl (C=O) groups excluding carboxylic acids is 2. The van der Waals surface area contributed by atoms with Crippen LogP contribution < -0.4 is 0 Å². The molecule has 0 rings (SSSR count). The Morgan fingerprint density at radius 1 is 1.54 bits per heavy atom. The maximum absolute atomic E-state index is 10.5. The van der Waals surface area contributed by atoms with Gasteiger partial charge in [0.15, 0.2) is 0 Å². The molecule has 0 aromatic heterocycles. The summed E-state index contributed by atoms with van der Waals surface area (Å²) in [5.41, 5.74) is 0. The lowest BCUT2D eigenvalue weighted by atomic mass is 10.1. The van der Waals surface area contributed by atoms with E-state index in [2.05, 4.69) is 4.74 Å². The van der Waals surface area contributed by atoms with E-state index in [9.17, 15) is 14.7 Å². The van der Waals surface area contributed by atoms with E-state index in [4.69, 9.17) is 5.11 Å². The van der Waals surface area contributed by atoms with Gasteiger partial charge in [-0.3, -0.25) is 4.79 Å². The van der Waals surface area contributed by atoms with Gasteiger partial charge in [-0.15, -0.1) is 0 Å². The third kappa shape index (κ3) is 4.59. The van der Waals surface area contributed by atoms with Gasteiger partial charge in [0.2, 0.25) is 0 Å². The summed E-state index contributed by atoms with van der Waals surface area (Å²) >= 11 is 0. The largest absolute Gasteiger partial charge is 0.459 e. The topological polar surface area (TPSA) is 83.8 Å². The van der Waals surface area contributed by atoms with Crippen LogP contribution in [0.2, 0.25) is 0 Å². The van der Waals surface area contributed by atoms with Crippen molar-refractivity contribution in [3.05, 3.63) is 0 Å². The first kappa shape index (κ1) is 12.1. The quantitative estimate of drug-likeness (QED) is 0.440. The number of aldehydes is 1. The lowest BCUT2D eigenvalue weighted by Crippen LogP contribution is -2.38. The van der Waals surface area contributed by atoms with Crippen molar-refractivity contribution < 1.29 is 24.5 Å². The zero-order chi connectivity index (χ0) is 10.4. The smallest absolute Gasteiger partial charge is 0.303 e. The highest BCUT2D eigenvalue weighted by Crippen LogP contribution is 2.07. The predicted octanol–water partition coefficient (Wildman–Crippen LogP) is -0.751. The van der Waals surface area contributed by atoms with Crippen molar-refractivity contribution in [2.24, 2.45) is 0 Å². The summed E-state index contributed by atoms with van der Waals surface area (Å²) in [6.07, 6.45) is -2.82. The van der Waals surface area contributed by atoms with E-state index in [1.807, 2.05) is 0 Å². The molecule has 0 aliphatic rings. The molecule has 0 amide bonds. The summed E-state index contributed by atoms with van der Waals surface area (Å²) in [5.74, 6) is -0.591. The second-order valence-corrected chi connectivity index (χ2v) is 2.78. The van der Waals surface area contributed by atoms with Gasteiger partial charge in [-0.25, -0.2) is 0 Å². The summed E-state index contributed by atoms with van der Waals surface area (Å²) in [5, 5.41) is 18.3. The molecule has 5 heteroatoms. The molecule has 2 N–H and O–H groups in total. The fraction of sp³-hybridized carbons (Fsp3) is 0.750. The zero-order valence-electron chi connectivity index (χ0n) is 7.64. The minimum Gasteiger partial charge on any atom is -0.459 e. The van der Waals surface area contributed by atoms with Crippen LogP contribution in [0.15, 0.2) is 0 Å². The van der Waals surface area contributed by atoms with Crippen molar-refractivity contribution in [2.45, 2.75) is 38.6 Å². The van der Waals surface area contributed by atoms with Crippen LogP contribution in [-0.4, -0.2) is 40.8 Å². The van der Waals surface area contributed by atoms with Crippen LogP contribution in [0.3, 0.4) is 0 Å². The van der Waals surface area contributed by atoms with Crippen molar-refractivity contribution in [3.8, 4) is 0 Å². The number of esters is 1. The second-order valence-electron chi connectivity index (χ2n) is 2.78. The standard InChI is InChI=1S/C8H14O5/c1-5(10)8(12)7(3-4-9)13-6(2)11/h4-5,7-8,10,12H,3H2,1-2H3/t5-,7+,8-/m1/s1. The first-order chi connectivity index (χ1) is 5.99. The van der Waals surface area contributed by atoms with Gasteiger partial charge >= 0.3 is 5.97 Å². The molecule has 0 heterocycles. The first-order valence-electron chi connectivity index (χ1n) is 3.96. The highest BCUT2D eigenvalue weighted by molar-refractivity contribution is 5.66. The second kappa shape index (κ2) is 5.66. The van der Waals surface area contributed by atoms with Crippen LogP contribution in [0.5, 0.6) is 0 Å². The molecule has 76 valence electrons. The van der Waals surface area contributed by atoms with Crippen LogP contribution in [0.25, 0.3) is 0 Å². The summed E-state index contributed by atoms with van der Waals surface area (Å²) < 4.78 is 4.63. The van der Waals surface area contributed by atoms with Gasteiger partial charge in [-0.05, 0) is 6.92 Å². The average Bonchev–Trinajstić information content (AvgIpc) is 2.01. The molecule has 0 radical (unpaired) electrons. The van der Waals surface area contributed by atoms with Gasteiger partial charge in [0, 0.05) is 13.3 Å². The molecule has 0 saturated carbocycles. The number of hydrogen-bond donors (Lipinski definition) is 2. The van der Waals surface area contributed by atoms with Crippen LogP contribution in [0.4, 0.5) is 0 Å². The third-order valence-electron chi connectivity index (χ3n) is 1.52. The van der Waals surface area contributed by atoms with E-state index in [0.29, 0.717) is 6.29 Å². The van der Waals surface area contributed by atoms with Gasteiger partial charge in [-0.2, -0.15) is 0 Å². The Morgan fingerprint density at radius 3 is 2.38 bits per heavy atom. The van der Waals surface area contributed by atoms with Crippen molar-refractivity contribution in [1.82, 2.24) is 0 Å². The Kier molecular flexibility index (Phi) is 5.25. The maximum atomic E-state index is 10.5. The minimum absolute atomic E-state index is 0.119. The van der Waals surface area contributed by atoms with E-state index < -0.39 is 24.3 Å². The zero-order valence-corrected chi connectivity index (χ0v) is 7.64. The predicted molar refractivity (Wildman–Crippen MR) is 43.9 cm³/mol. The molecule has 0 unspecified atom stereocenters. The van der Waals surface area contributed by atoms with Crippen molar-refractivity contribution in [3.63, 3.8) is 0 Å². The highest BCUT2D eigenvalue weighted by Gasteiger charge is 2.25. The Hall–Kier alpha value is -0.940. The van der Waals surface area contributed by atoms with Gasteiger partial charge in [0.25, 0.3) is 0 Å². The van der Waals surface area contributed by atoms with Crippen LogP contribution in [0, 0.1) is 0 Å². The van der Waals surface area contributed by atoms with Crippen molar-refractivity contribution >= 4 is 12.3 Å². The van der Waals surface area contributed by atoms with E-state index in [1.165, 1.54) is 13.8 Å². The fourth-order valence-electron chi connectivity index (χ4n) is 0.876. The van der Waals surface area contributed by atoms with Crippen LogP contribution >= 0.6 is 0 Å². The number of hydrogen-bond acceptors (Lipinski definition) is 5. The first-order valence-corrected chi connectivity index (χ1v) is 3.96. The molecule has 0 aromatic carbocycles. The van der Waals surface area contributed by atoms with Crippen LogP contribution in [-0.2, 0) is 14.3 Å². The fourth-order valence-corrected chi connectivity index (χ4v) is 0.876. The van der Waals surface area contributed by atoms with Crippen molar-refractivity contribution in [1.29, 1.82) is 0 Å². The molecule has 0 saturated heterocycles. The molecule has 5 nitrogen and oxygen atoms in total. The Bertz CT molecular complexity index is 177. The molecule has 0 spiro atoms. The molecule has 3 atom stereocenters. The molecule has 0 aromatic rings. The van der Waals surface area contributed by atoms with E-state index in [-0.39, 0.29) is 6.42 Å². The number of carbonyl (C=O) groups is 2. The van der Waals surface area contributed by atoms with Gasteiger partial charge in [0.1, 0.15) is 18.5 Å².